The number of carbonyl (C=O) groups is 3. The molecule has 1 N–H and O–H groups in total. The van der Waals surface area contributed by atoms with Gasteiger partial charge in [-0.3, -0.25) is 24.1 Å². The minimum atomic E-state index is -4.75. The minimum Gasteiger partial charge on any atom is -0.498 e. The first-order chi connectivity index (χ1) is 20.0. The van der Waals surface area contributed by atoms with Crippen LogP contribution in [0.15, 0.2) is 47.5 Å². The number of thioether (sulfide) groups is 1. The number of carbonyl (C=O) groups excluding carboxylic acids is 3. The molecular weight excluding hydrogens is 612 g/mol. The van der Waals surface area contributed by atoms with Crippen LogP contribution in [0, 0.1) is 0 Å². The Bertz CT molecular complexity index is 1670. The van der Waals surface area contributed by atoms with Crippen molar-refractivity contribution in [2.45, 2.75) is 57.5 Å². The van der Waals surface area contributed by atoms with Crippen molar-refractivity contribution in [3.05, 3.63) is 69.2 Å². The lowest BCUT2D eigenvalue weighted by molar-refractivity contribution is -0.930. The molecule has 0 aliphatic carbocycles. The summed E-state index contributed by atoms with van der Waals surface area (Å²) in [5.41, 5.74) is -0.964. The molecule has 0 saturated carbocycles. The Labute approximate surface area is 253 Å². The summed E-state index contributed by atoms with van der Waals surface area (Å²) in [5, 5.41) is 19.0. The average Bonchev–Trinajstić information content (AvgIpc) is 3.59. The predicted molar refractivity (Wildman–Crippen MR) is 151 cm³/mol. The second kappa shape index (κ2) is 10.9. The zero-order valence-corrected chi connectivity index (χ0v) is 24.9. The Balaban J connectivity index is 1.60. The van der Waals surface area contributed by atoms with E-state index in [9.17, 15) is 37.1 Å². The van der Waals surface area contributed by atoms with Crippen LogP contribution in [0.5, 0.6) is 0 Å². The highest BCUT2D eigenvalue weighted by atomic mass is 35.5. The number of hydrogen-bond donors (Lipinski definition) is 1. The molecule has 2 aliphatic heterocycles. The molecule has 2 saturated heterocycles. The summed E-state index contributed by atoms with van der Waals surface area (Å²) < 4.78 is 56.0. The number of alkyl halides is 4. The molecule has 2 fully saturated rings. The van der Waals surface area contributed by atoms with E-state index in [0.29, 0.717) is 28.2 Å². The smallest absolute Gasteiger partial charge is 0.416 e. The van der Waals surface area contributed by atoms with Gasteiger partial charge in [0.25, 0.3) is 17.2 Å². The van der Waals surface area contributed by atoms with Crippen molar-refractivity contribution in [3.63, 3.8) is 0 Å². The number of rotatable bonds is 5. The van der Waals surface area contributed by atoms with Gasteiger partial charge in [0.05, 0.1) is 34.3 Å². The molecule has 3 atom stereocenters. The molecule has 3 amide bonds. The zero-order chi connectivity index (χ0) is 31.5. The fourth-order valence-corrected chi connectivity index (χ4v) is 7.22. The van der Waals surface area contributed by atoms with Gasteiger partial charge in [0.15, 0.2) is 6.17 Å². The highest BCUT2D eigenvalue weighted by molar-refractivity contribution is 8.18. The molecule has 3 heterocycles. The van der Waals surface area contributed by atoms with Crippen molar-refractivity contribution in [1.82, 2.24) is 15.1 Å². The minimum absolute atomic E-state index is 0.104. The number of H-pyrrole nitrogens is 1. The van der Waals surface area contributed by atoms with E-state index in [0.717, 1.165) is 11.0 Å². The van der Waals surface area contributed by atoms with E-state index in [2.05, 4.69) is 10.2 Å². The molecule has 8 nitrogen and oxygen atoms in total. The number of imide groups is 1. The molecule has 2 aliphatic rings. The number of nitrogens with zero attached hydrogens (tertiary/aromatic N) is 3. The third-order valence-corrected chi connectivity index (χ3v) is 9.47. The quantitative estimate of drug-likeness (QED) is 0.210. The number of amides is 3. The third kappa shape index (κ3) is 5.53. The van der Waals surface area contributed by atoms with Crippen LogP contribution >= 0.6 is 23.4 Å². The SMILES string of the molecule is CC(C)(C)[N+]1(C(=O)[O-])C[C@H](F)C[C@H]1CN1C(=O)S/C(=C(/Cc2ccc(Cl)cc2C(F)(F)F)c2ccc3[nH]ncc3c2)C1=O. The summed E-state index contributed by atoms with van der Waals surface area (Å²) in [6.07, 6.45) is -6.83. The Morgan fingerprint density at radius 2 is 1.91 bits per heavy atom. The molecule has 228 valence electrons. The molecule has 1 aromatic heterocycles. The van der Waals surface area contributed by atoms with Crippen LogP contribution in [0.2, 0.25) is 5.02 Å². The van der Waals surface area contributed by atoms with Crippen LogP contribution < -0.4 is 5.11 Å². The number of aromatic amines is 1. The van der Waals surface area contributed by atoms with Gasteiger partial charge in [0.2, 0.25) is 0 Å². The van der Waals surface area contributed by atoms with E-state index in [-0.39, 0.29) is 40.5 Å². The predicted octanol–water partition coefficient (Wildman–Crippen LogP) is 5.95. The molecule has 3 aromatic rings. The maximum atomic E-state index is 14.7. The number of hydrogen-bond acceptors (Lipinski definition) is 6. The van der Waals surface area contributed by atoms with Crippen LogP contribution in [-0.2, 0) is 17.4 Å². The van der Waals surface area contributed by atoms with E-state index < -0.39 is 57.8 Å². The van der Waals surface area contributed by atoms with Crippen molar-refractivity contribution in [1.29, 1.82) is 0 Å². The number of nitrogens with one attached hydrogen (secondary N) is 1. The van der Waals surface area contributed by atoms with Crippen LogP contribution in [-0.4, -0.2) is 67.7 Å². The monoisotopic (exact) mass is 638 g/mol. The lowest BCUT2D eigenvalue weighted by atomic mass is 9.93. The third-order valence-electron chi connectivity index (χ3n) is 8.21. The number of likely N-dealkylation sites (tertiary alicyclic amines) is 1. The van der Waals surface area contributed by atoms with Crippen molar-refractivity contribution in [2.24, 2.45) is 0 Å². The van der Waals surface area contributed by atoms with Crippen molar-refractivity contribution >= 4 is 57.1 Å². The van der Waals surface area contributed by atoms with E-state index in [1.807, 2.05) is 0 Å². The Morgan fingerprint density at radius 1 is 1.19 bits per heavy atom. The zero-order valence-electron chi connectivity index (χ0n) is 23.3. The van der Waals surface area contributed by atoms with Gasteiger partial charge >= 0.3 is 6.18 Å². The van der Waals surface area contributed by atoms with Gasteiger partial charge in [-0.2, -0.15) is 18.3 Å². The molecule has 0 bridgehead atoms. The number of carboxylic acid groups (broad SMARTS) is 1. The Morgan fingerprint density at radius 3 is 2.56 bits per heavy atom. The number of halogens is 5. The molecule has 43 heavy (non-hydrogen) atoms. The summed E-state index contributed by atoms with van der Waals surface area (Å²) in [6, 6.07) is 7.25. The number of fused-ring (bicyclic) bond motifs is 1. The first-order valence-electron chi connectivity index (χ1n) is 13.3. The van der Waals surface area contributed by atoms with E-state index in [1.54, 1.807) is 39.0 Å². The van der Waals surface area contributed by atoms with Gasteiger partial charge in [-0.05, 0) is 79.9 Å². The number of aromatic nitrogens is 2. The normalized spacial score (nSPS) is 24.3. The molecule has 2 aromatic carbocycles. The van der Waals surface area contributed by atoms with Crippen molar-refractivity contribution < 1.29 is 41.5 Å². The molecule has 5 rings (SSSR count). The number of quaternary nitrogens is 1. The van der Waals surface area contributed by atoms with E-state index in [1.165, 1.54) is 18.3 Å². The molecule has 1 unspecified atom stereocenters. The van der Waals surface area contributed by atoms with Crippen LogP contribution in [0.4, 0.5) is 27.2 Å². The first kappa shape index (κ1) is 31.0. The molecule has 0 radical (unpaired) electrons. The van der Waals surface area contributed by atoms with Crippen molar-refractivity contribution in [2.75, 3.05) is 13.1 Å². The molecular formula is C29H27ClF4N4O4S. The number of allylic oxidation sites excluding steroid dienone is 1. The maximum absolute atomic E-state index is 14.7. The summed E-state index contributed by atoms with van der Waals surface area (Å²) >= 11 is 6.43. The largest absolute Gasteiger partial charge is 0.498 e. The summed E-state index contributed by atoms with van der Waals surface area (Å²) in [4.78, 5) is 40.3. The van der Waals surface area contributed by atoms with E-state index in [4.69, 9.17) is 11.6 Å². The van der Waals surface area contributed by atoms with Gasteiger partial charge in [0, 0.05) is 16.8 Å². The van der Waals surface area contributed by atoms with Gasteiger partial charge in [-0.15, -0.1) is 0 Å². The fourth-order valence-electron chi connectivity index (χ4n) is 6.10. The second-order valence-electron chi connectivity index (χ2n) is 11.7. The van der Waals surface area contributed by atoms with Crippen molar-refractivity contribution in [3.8, 4) is 0 Å². The Hall–Kier alpha value is -3.42. The summed E-state index contributed by atoms with van der Waals surface area (Å²) in [7, 11) is 0. The van der Waals surface area contributed by atoms with Gasteiger partial charge in [-0.1, -0.05) is 23.7 Å². The van der Waals surface area contributed by atoms with Crippen LogP contribution in [0.3, 0.4) is 0 Å². The number of benzene rings is 2. The molecule has 0 spiro atoms. The highest BCUT2D eigenvalue weighted by Crippen LogP contribution is 2.44. The topological polar surface area (TPSA) is 106 Å². The first-order valence-corrected chi connectivity index (χ1v) is 14.5. The lowest BCUT2D eigenvalue weighted by Crippen LogP contribution is -2.71. The summed E-state index contributed by atoms with van der Waals surface area (Å²) in [6.45, 7) is 4.08. The average molecular weight is 639 g/mol. The van der Waals surface area contributed by atoms with E-state index >= 15 is 0 Å². The fraction of sp³-hybridized carbons (Fsp3) is 0.379. The second-order valence-corrected chi connectivity index (χ2v) is 13.1. The van der Waals surface area contributed by atoms with Crippen LogP contribution in [0.1, 0.15) is 43.9 Å². The molecule has 14 heteroatoms. The van der Waals surface area contributed by atoms with Gasteiger partial charge < -0.3 is 9.90 Å². The standard InChI is InChI=1S/C29H27ClF4N4O4S/c1-28(2,3)38(27(41)42)14-19(31)11-20(38)13-37-25(39)24(43-26(37)40)21(15-5-7-23-17(8-15)12-35-36-23)9-16-4-6-18(30)10-22(16)29(32,33)34/h4-8,10,12,19-20H,9,11,13-14H2,1-3H3,(H-,35,36,39,41,42)/t19-,20+,38?/m1/s1. The highest BCUT2D eigenvalue weighted by Gasteiger charge is 2.57. The maximum Gasteiger partial charge on any atom is 0.416 e. The van der Waals surface area contributed by atoms with Gasteiger partial charge in [0.1, 0.15) is 12.6 Å². The van der Waals surface area contributed by atoms with Gasteiger partial charge in [-0.25, -0.2) is 4.39 Å². The summed E-state index contributed by atoms with van der Waals surface area (Å²) in [5.74, 6) is -0.799. The Kier molecular flexibility index (Phi) is 7.89. The lowest BCUT2D eigenvalue weighted by Gasteiger charge is -2.49. The van der Waals surface area contributed by atoms with Crippen LogP contribution in [0.25, 0.3) is 16.5 Å².